The lowest BCUT2D eigenvalue weighted by atomic mass is 9.52. The third-order valence-corrected chi connectivity index (χ3v) is 7.18. The molecule has 1 aliphatic heterocycles. The summed E-state index contributed by atoms with van der Waals surface area (Å²) in [7, 11) is 0. The van der Waals surface area contributed by atoms with Gasteiger partial charge in [-0.2, -0.15) is 0 Å². The molecule has 2 aliphatic carbocycles. The van der Waals surface area contributed by atoms with Gasteiger partial charge >= 0.3 is 0 Å². The van der Waals surface area contributed by atoms with Crippen molar-refractivity contribution in [2.24, 2.45) is 16.7 Å². The van der Waals surface area contributed by atoms with Crippen molar-refractivity contribution in [3.8, 4) is 5.75 Å². The van der Waals surface area contributed by atoms with Crippen LogP contribution in [0, 0.1) is 16.7 Å². The SMILES string of the molecule is CC(C)=CC[C@]12CC=C(C)COc3cccc4c3C(=O)[C@](C(=O)CC1C)(C2=O)[C@@H]4O. The zero-order chi connectivity index (χ0) is 21.8. The van der Waals surface area contributed by atoms with E-state index in [-0.39, 0.29) is 24.5 Å². The van der Waals surface area contributed by atoms with E-state index >= 15 is 0 Å². The molecule has 1 aromatic rings. The maximum absolute atomic E-state index is 14.2. The van der Waals surface area contributed by atoms with Crippen LogP contribution < -0.4 is 4.74 Å². The van der Waals surface area contributed by atoms with E-state index in [0.29, 0.717) is 24.2 Å². The Morgan fingerprint density at radius 1 is 1.27 bits per heavy atom. The standard InChI is InChI=1S/C25H28O5/c1-14(2)8-10-24-11-9-15(3)13-30-18-7-5-6-17-20(18)22(28)25(21(17)27,23(24)29)19(26)12-16(24)4/h5-9,16,21,27H,10-13H2,1-4H3/t16?,21-,24+,25-/m1/s1. The number of aliphatic hydroxyl groups is 1. The van der Waals surface area contributed by atoms with Crippen LogP contribution >= 0.6 is 0 Å². The smallest absolute Gasteiger partial charge is 0.191 e. The summed E-state index contributed by atoms with van der Waals surface area (Å²) in [4.78, 5) is 41.3. The molecule has 1 aromatic carbocycles. The third-order valence-electron chi connectivity index (χ3n) is 7.18. The summed E-state index contributed by atoms with van der Waals surface area (Å²) >= 11 is 0. The second-order valence-corrected chi connectivity index (χ2v) is 9.30. The van der Waals surface area contributed by atoms with E-state index in [0.717, 1.165) is 11.1 Å². The number of hydrogen-bond acceptors (Lipinski definition) is 5. The Bertz CT molecular complexity index is 1010. The summed E-state index contributed by atoms with van der Waals surface area (Å²) in [5.74, 6) is -1.46. The maximum atomic E-state index is 14.2. The van der Waals surface area contributed by atoms with Gasteiger partial charge in [-0.05, 0) is 56.7 Å². The predicted molar refractivity (Wildman–Crippen MR) is 112 cm³/mol. The molecule has 5 nitrogen and oxygen atoms in total. The third kappa shape index (κ3) is 2.61. The van der Waals surface area contributed by atoms with Crippen LogP contribution in [0.3, 0.4) is 0 Å². The van der Waals surface area contributed by atoms with Crippen molar-refractivity contribution in [1.82, 2.24) is 0 Å². The Kier molecular flexibility index (Phi) is 4.85. The molecule has 3 aliphatic rings. The molecule has 1 saturated carbocycles. The molecule has 1 heterocycles. The van der Waals surface area contributed by atoms with Crippen molar-refractivity contribution in [3.63, 3.8) is 0 Å². The van der Waals surface area contributed by atoms with E-state index in [9.17, 15) is 19.5 Å². The monoisotopic (exact) mass is 408 g/mol. The lowest BCUT2D eigenvalue weighted by Crippen LogP contribution is -2.60. The van der Waals surface area contributed by atoms with Gasteiger partial charge in [-0.3, -0.25) is 14.4 Å². The van der Waals surface area contributed by atoms with Gasteiger partial charge in [0.05, 0.1) is 5.56 Å². The maximum Gasteiger partial charge on any atom is 0.191 e. The first-order valence-electron chi connectivity index (χ1n) is 10.5. The number of ketones is 3. The van der Waals surface area contributed by atoms with E-state index in [4.69, 9.17) is 4.74 Å². The number of fused-ring (bicyclic) bond motifs is 1. The number of carbonyl (C=O) groups excluding carboxylic acids is 3. The van der Waals surface area contributed by atoms with Gasteiger partial charge in [-0.1, -0.05) is 36.8 Å². The zero-order valence-corrected chi connectivity index (χ0v) is 18.0. The molecule has 1 spiro atoms. The Labute approximate surface area is 176 Å². The molecule has 1 N–H and O–H groups in total. The molecule has 4 atom stereocenters. The number of allylic oxidation sites excluding steroid dienone is 3. The predicted octanol–water partition coefficient (Wildman–Crippen LogP) is 4.15. The van der Waals surface area contributed by atoms with E-state index < -0.39 is 34.3 Å². The molecule has 3 bridgehead atoms. The van der Waals surface area contributed by atoms with Crippen LogP contribution in [0.15, 0.2) is 41.5 Å². The van der Waals surface area contributed by atoms with Gasteiger partial charge in [0.15, 0.2) is 22.8 Å². The van der Waals surface area contributed by atoms with Crippen LogP contribution in [0.1, 0.15) is 69.0 Å². The van der Waals surface area contributed by atoms with Gasteiger partial charge < -0.3 is 9.84 Å². The van der Waals surface area contributed by atoms with Crippen molar-refractivity contribution in [1.29, 1.82) is 0 Å². The second-order valence-electron chi connectivity index (χ2n) is 9.30. The Morgan fingerprint density at radius 3 is 2.70 bits per heavy atom. The topological polar surface area (TPSA) is 80.7 Å². The average molecular weight is 408 g/mol. The van der Waals surface area contributed by atoms with Gasteiger partial charge in [0, 0.05) is 11.8 Å². The molecule has 5 heteroatoms. The minimum atomic E-state index is -2.07. The highest BCUT2D eigenvalue weighted by atomic mass is 16.5. The zero-order valence-electron chi connectivity index (χ0n) is 18.0. The number of carbonyl (C=O) groups is 3. The summed E-state index contributed by atoms with van der Waals surface area (Å²) in [6.45, 7) is 8.06. The van der Waals surface area contributed by atoms with Crippen molar-refractivity contribution in [2.75, 3.05) is 6.61 Å². The van der Waals surface area contributed by atoms with E-state index in [1.165, 1.54) is 0 Å². The first kappa shape index (κ1) is 20.7. The second kappa shape index (κ2) is 7.02. The Morgan fingerprint density at radius 2 is 2.00 bits per heavy atom. The highest BCUT2D eigenvalue weighted by Gasteiger charge is 2.70. The molecular weight excluding hydrogens is 380 g/mol. The van der Waals surface area contributed by atoms with Gasteiger partial charge in [-0.25, -0.2) is 0 Å². The van der Waals surface area contributed by atoms with Crippen LogP contribution in [0.5, 0.6) is 5.75 Å². The quantitative estimate of drug-likeness (QED) is 0.587. The summed E-state index contributed by atoms with van der Waals surface area (Å²) in [6, 6.07) is 4.96. The molecular formula is C25H28O5. The lowest BCUT2D eigenvalue weighted by molar-refractivity contribution is -0.160. The molecule has 1 fully saturated rings. The van der Waals surface area contributed by atoms with Crippen molar-refractivity contribution in [3.05, 3.63) is 52.6 Å². The van der Waals surface area contributed by atoms with Gasteiger partial charge in [-0.15, -0.1) is 0 Å². The Balaban J connectivity index is 2.02. The molecule has 0 aromatic heterocycles. The molecule has 4 rings (SSSR count). The number of rotatable bonds is 2. The lowest BCUT2D eigenvalue weighted by Gasteiger charge is -2.47. The fraction of sp³-hybridized carbons (Fsp3) is 0.480. The van der Waals surface area contributed by atoms with Crippen LogP contribution in [-0.2, 0) is 9.59 Å². The van der Waals surface area contributed by atoms with Crippen LogP contribution in [0.25, 0.3) is 0 Å². The molecule has 0 radical (unpaired) electrons. The first-order chi connectivity index (χ1) is 14.2. The number of hydrogen-bond donors (Lipinski definition) is 1. The summed E-state index contributed by atoms with van der Waals surface area (Å²) in [5.41, 5.74) is -0.497. The normalized spacial score (nSPS) is 32.8. The molecule has 0 saturated heterocycles. The Hall–Kier alpha value is -2.53. The average Bonchev–Trinajstić information content (AvgIpc) is 2.92. The highest BCUT2D eigenvalue weighted by Crippen LogP contribution is 2.59. The fourth-order valence-electron chi connectivity index (χ4n) is 5.24. The molecule has 0 amide bonds. The van der Waals surface area contributed by atoms with Gasteiger partial charge in [0.25, 0.3) is 0 Å². The van der Waals surface area contributed by atoms with Crippen LogP contribution in [-0.4, -0.2) is 29.1 Å². The van der Waals surface area contributed by atoms with Crippen LogP contribution in [0.4, 0.5) is 0 Å². The van der Waals surface area contributed by atoms with Crippen molar-refractivity contribution >= 4 is 17.3 Å². The van der Waals surface area contributed by atoms with Gasteiger partial charge in [0.1, 0.15) is 18.5 Å². The summed E-state index contributed by atoms with van der Waals surface area (Å²) in [5, 5.41) is 11.3. The number of benzene rings is 1. The minimum Gasteiger partial charge on any atom is -0.488 e. The minimum absolute atomic E-state index is 0.0855. The summed E-state index contributed by atoms with van der Waals surface area (Å²) < 4.78 is 5.90. The largest absolute Gasteiger partial charge is 0.488 e. The molecule has 158 valence electrons. The van der Waals surface area contributed by atoms with Crippen molar-refractivity contribution < 1.29 is 24.2 Å². The fourth-order valence-corrected chi connectivity index (χ4v) is 5.24. The molecule has 1 unspecified atom stereocenters. The molecule has 30 heavy (non-hydrogen) atoms. The number of Topliss-reactive ketones (excluding diaryl/α,β-unsaturated/α-hetero) is 3. The summed E-state index contributed by atoms with van der Waals surface area (Å²) in [6.07, 6.45) is 3.43. The van der Waals surface area contributed by atoms with Crippen LogP contribution in [0.2, 0.25) is 0 Å². The van der Waals surface area contributed by atoms with Gasteiger partial charge in [0.2, 0.25) is 0 Å². The van der Waals surface area contributed by atoms with Crippen molar-refractivity contribution in [2.45, 2.75) is 53.1 Å². The number of aliphatic hydroxyl groups excluding tert-OH is 1. The number of ether oxygens (including phenoxy) is 1. The van der Waals surface area contributed by atoms with E-state index in [1.54, 1.807) is 18.2 Å². The highest BCUT2D eigenvalue weighted by molar-refractivity contribution is 6.34. The van der Waals surface area contributed by atoms with E-state index in [1.807, 2.05) is 39.8 Å². The van der Waals surface area contributed by atoms with E-state index in [2.05, 4.69) is 0 Å². The first-order valence-corrected chi connectivity index (χ1v) is 10.5.